The molecule has 0 unspecified atom stereocenters. The molecule has 1 N–H and O–H groups in total. The van der Waals surface area contributed by atoms with E-state index < -0.39 is 0 Å². The van der Waals surface area contributed by atoms with Crippen molar-refractivity contribution in [2.24, 2.45) is 11.3 Å². The fraction of sp³-hybridized carbons (Fsp3) is 0.538. The van der Waals surface area contributed by atoms with E-state index in [1.54, 1.807) is 6.07 Å². The van der Waals surface area contributed by atoms with Crippen LogP contribution in [0.5, 0.6) is 0 Å². The lowest BCUT2D eigenvalue weighted by atomic mass is 9.68. The molecule has 2 rings (SSSR count). The summed E-state index contributed by atoms with van der Waals surface area (Å²) in [6.45, 7) is 6.57. The zero-order valence-corrected chi connectivity index (χ0v) is 11.3. The van der Waals surface area contributed by atoms with Crippen LogP contribution in [0.2, 0.25) is 0 Å². The first-order valence-corrected chi connectivity index (χ1v) is 6.47. The van der Waals surface area contributed by atoms with E-state index in [1.165, 1.54) is 6.07 Å². The molecule has 0 saturated carbocycles. The molecule has 1 nitrogen and oxygen atoms in total. The standard InChI is InChI=1S/C13H17BrFN/c1-9(2)13(7-16-8-13)6-10-3-11(14)5-12(15)4-10/h3-5,9,16H,6-8H2,1-2H3. The Kier molecular flexibility index (Phi) is 3.36. The molecule has 0 amide bonds. The van der Waals surface area contributed by atoms with Gasteiger partial charge in [0.1, 0.15) is 5.82 Å². The lowest BCUT2D eigenvalue weighted by molar-refractivity contribution is 0.0993. The summed E-state index contributed by atoms with van der Waals surface area (Å²) in [5.74, 6) is 0.464. The lowest BCUT2D eigenvalue weighted by Crippen LogP contribution is -2.57. The Morgan fingerprint density at radius 3 is 2.50 bits per heavy atom. The number of hydrogen-bond acceptors (Lipinski definition) is 1. The minimum absolute atomic E-state index is 0.157. The molecule has 16 heavy (non-hydrogen) atoms. The molecule has 1 fully saturated rings. The van der Waals surface area contributed by atoms with Crippen molar-refractivity contribution in [3.05, 3.63) is 34.1 Å². The van der Waals surface area contributed by atoms with Crippen LogP contribution in [-0.4, -0.2) is 13.1 Å². The van der Waals surface area contributed by atoms with Crippen molar-refractivity contribution in [3.8, 4) is 0 Å². The second kappa shape index (κ2) is 4.46. The van der Waals surface area contributed by atoms with Gasteiger partial charge >= 0.3 is 0 Å². The Bertz CT molecular complexity index is 365. The van der Waals surface area contributed by atoms with Crippen molar-refractivity contribution in [3.63, 3.8) is 0 Å². The highest BCUT2D eigenvalue weighted by molar-refractivity contribution is 9.10. The number of nitrogens with one attached hydrogen (secondary N) is 1. The normalized spacial score (nSPS) is 18.6. The van der Waals surface area contributed by atoms with Gasteiger partial charge in [-0.05, 0) is 36.1 Å². The summed E-state index contributed by atoms with van der Waals surface area (Å²) in [4.78, 5) is 0. The van der Waals surface area contributed by atoms with E-state index in [1.807, 2.05) is 6.07 Å². The Morgan fingerprint density at radius 2 is 2.06 bits per heavy atom. The number of benzene rings is 1. The maximum absolute atomic E-state index is 13.3. The quantitative estimate of drug-likeness (QED) is 0.898. The van der Waals surface area contributed by atoms with Crippen LogP contribution in [0.15, 0.2) is 22.7 Å². The fourth-order valence-corrected chi connectivity index (χ4v) is 2.82. The number of halogens is 2. The molecule has 1 heterocycles. The van der Waals surface area contributed by atoms with Gasteiger partial charge in [-0.2, -0.15) is 0 Å². The van der Waals surface area contributed by atoms with Crippen molar-refractivity contribution in [2.45, 2.75) is 20.3 Å². The summed E-state index contributed by atoms with van der Waals surface area (Å²) in [6, 6.07) is 5.17. The Balaban J connectivity index is 2.19. The third kappa shape index (κ3) is 2.30. The summed E-state index contributed by atoms with van der Waals surface area (Å²) in [5, 5.41) is 3.33. The number of hydrogen-bond donors (Lipinski definition) is 1. The molecule has 1 aliphatic heterocycles. The lowest BCUT2D eigenvalue weighted by Gasteiger charge is -2.46. The van der Waals surface area contributed by atoms with E-state index in [4.69, 9.17) is 0 Å². The summed E-state index contributed by atoms with van der Waals surface area (Å²) < 4.78 is 14.1. The predicted octanol–water partition coefficient (Wildman–Crippen LogP) is 3.38. The highest BCUT2D eigenvalue weighted by Crippen LogP contribution is 2.36. The maximum atomic E-state index is 13.3. The van der Waals surface area contributed by atoms with Crippen molar-refractivity contribution in [1.82, 2.24) is 5.32 Å². The second-order valence-electron chi connectivity index (χ2n) is 5.08. The second-order valence-corrected chi connectivity index (χ2v) is 5.99. The molecule has 0 aromatic heterocycles. The van der Waals surface area contributed by atoms with Crippen molar-refractivity contribution >= 4 is 15.9 Å². The van der Waals surface area contributed by atoms with E-state index in [2.05, 4.69) is 35.1 Å². The molecule has 0 aliphatic carbocycles. The van der Waals surface area contributed by atoms with Crippen LogP contribution in [0.3, 0.4) is 0 Å². The van der Waals surface area contributed by atoms with Crippen molar-refractivity contribution < 1.29 is 4.39 Å². The Morgan fingerprint density at radius 1 is 1.38 bits per heavy atom. The highest BCUT2D eigenvalue weighted by Gasteiger charge is 2.39. The third-order valence-corrected chi connectivity index (χ3v) is 4.12. The van der Waals surface area contributed by atoms with Crippen LogP contribution < -0.4 is 5.32 Å². The summed E-state index contributed by atoms with van der Waals surface area (Å²) in [6.07, 6.45) is 0.952. The van der Waals surface area contributed by atoms with Gasteiger partial charge in [-0.1, -0.05) is 29.8 Å². The molecule has 3 heteroatoms. The van der Waals surface area contributed by atoms with Gasteiger partial charge in [-0.15, -0.1) is 0 Å². The Hall–Kier alpha value is -0.410. The summed E-state index contributed by atoms with van der Waals surface area (Å²) >= 11 is 3.34. The first kappa shape index (κ1) is 12.1. The van der Waals surface area contributed by atoms with Crippen LogP contribution in [0, 0.1) is 17.2 Å². The van der Waals surface area contributed by atoms with Crippen LogP contribution in [-0.2, 0) is 6.42 Å². The molecule has 88 valence electrons. The van der Waals surface area contributed by atoms with Gasteiger partial charge in [0.15, 0.2) is 0 Å². The van der Waals surface area contributed by atoms with Crippen molar-refractivity contribution in [2.75, 3.05) is 13.1 Å². The topological polar surface area (TPSA) is 12.0 Å². The Labute approximate surface area is 105 Å². The minimum Gasteiger partial charge on any atom is -0.315 e. The molecule has 0 bridgehead atoms. The molecule has 0 atom stereocenters. The molecule has 1 aromatic carbocycles. The van der Waals surface area contributed by atoms with Gasteiger partial charge in [-0.25, -0.2) is 4.39 Å². The van der Waals surface area contributed by atoms with E-state index in [0.717, 1.165) is 29.5 Å². The predicted molar refractivity (Wildman–Crippen MR) is 67.9 cm³/mol. The minimum atomic E-state index is -0.157. The SMILES string of the molecule is CC(C)C1(Cc2cc(F)cc(Br)c2)CNC1. The first-order valence-electron chi connectivity index (χ1n) is 5.67. The van der Waals surface area contributed by atoms with Crippen LogP contribution in [0.25, 0.3) is 0 Å². The van der Waals surface area contributed by atoms with Gasteiger partial charge in [0.05, 0.1) is 0 Å². The molecular weight excluding hydrogens is 269 g/mol. The molecule has 1 aliphatic rings. The fourth-order valence-electron chi connectivity index (χ4n) is 2.30. The molecule has 1 aromatic rings. The average molecular weight is 286 g/mol. The zero-order valence-electron chi connectivity index (χ0n) is 9.69. The van der Waals surface area contributed by atoms with E-state index >= 15 is 0 Å². The van der Waals surface area contributed by atoms with E-state index in [-0.39, 0.29) is 5.82 Å². The monoisotopic (exact) mass is 285 g/mol. The smallest absolute Gasteiger partial charge is 0.124 e. The van der Waals surface area contributed by atoms with Crippen molar-refractivity contribution in [1.29, 1.82) is 0 Å². The summed E-state index contributed by atoms with van der Waals surface area (Å²) in [5.41, 5.74) is 1.40. The zero-order chi connectivity index (χ0) is 11.8. The molecule has 1 saturated heterocycles. The van der Waals surface area contributed by atoms with Gasteiger partial charge < -0.3 is 5.32 Å². The molecular formula is C13H17BrFN. The molecule has 0 radical (unpaired) electrons. The van der Waals surface area contributed by atoms with E-state index in [9.17, 15) is 4.39 Å². The van der Waals surface area contributed by atoms with Crippen LogP contribution in [0.4, 0.5) is 4.39 Å². The maximum Gasteiger partial charge on any atom is 0.124 e. The number of rotatable bonds is 3. The summed E-state index contributed by atoms with van der Waals surface area (Å²) in [7, 11) is 0. The highest BCUT2D eigenvalue weighted by atomic mass is 79.9. The largest absolute Gasteiger partial charge is 0.315 e. The average Bonchev–Trinajstić information content (AvgIpc) is 2.09. The first-order chi connectivity index (χ1) is 7.52. The van der Waals surface area contributed by atoms with Crippen LogP contribution in [0.1, 0.15) is 19.4 Å². The van der Waals surface area contributed by atoms with Gasteiger partial charge in [0, 0.05) is 23.0 Å². The van der Waals surface area contributed by atoms with Gasteiger partial charge in [0.25, 0.3) is 0 Å². The molecule has 0 spiro atoms. The van der Waals surface area contributed by atoms with Gasteiger partial charge in [-0.3, -0.25) is 0 Å². The van der Waals surface area contributed by atoms with Crippen LogP contribution >= 0.6 is 15.9 Å². The third-order valence-electron chi connectivity index (χ3n) is 3.66. The van der Waals surface area contributed by atoms with Gasteiger partial charge in [0.2, 0.25) is 0 Å². The van der Waals surface area contributed by atoms with E-state index in [0.29, 0.717) is 11.3 Å².